The fraction of sp³-hybridized carbons (Fsp3) is 0.346. The number of ketones is 1. The van der Waals surface area contributed by atoms with E-state index in [-0.39, 0.29) is 30.4 Å². The van der Waals surface area contributed by atoms with E-state index in [0.717, 1.165) is 17.3 Å². The van der Waals surface area contributed by atoms with Crippen LogP contribution in [0.3, 0.4) is 0 Å². The summed E-state index contributed by atoms with van der Waals surface area (Å²) in [5.74, 6) is -5.89. The minimum absolute atomic E-state index is 0.0652. The van der Waals surface area contributed by atoms with Crippen molar-refractivity contribution in [2.45, 2.75) is 38.3 Å². The molecule has 1 saturated heterocycles. The summed E-state index contributed by atoms with van der Waals surface area (Å²) in [6, 6.07) is 13.2. The number of nitro groups is 1. The molecule has 0 aromatic heterocycles. The van der Waals surface area contributed by atoms with Gasteiger partial charge in [0.05, 0.1) is 22.7 Å². The number of non-ortho nitro benzene ring substituents is 1. The molecule has 13 heteroatoms. The fourth-order valence-electron chi connectivity index (χ4n) is 3.68. The van der Waals surface area contributed by atoms with Crippen LogP contribution in [0.25, 0.3) is 0 Å². The smallest absolute Gasteiger partial charge is 0.375 e. The number of carboxylic acids is 1. The van der Waals surface area contributed by atoms with Gasteiger partial charge in [-0.1, -0.05) is 30.3 Å². The number of hydrogen-bond acceptors (Lipinski definition) is 9. The Hall–Kier alpha value is -4.26. The number of carboxylic acid groups (broad SMARTS) is 1. The van der Waals surface area contributed by atoms with Gasteiger partial charge < -0.3 is 20.5 Å². The van der Waals surface area contributed by atoms with Crippen molar-refractivity contribution < 1.29 is 38.7 Å². The average Bonchev–Trinajstić information content (AvgIpc) is 2.90. The molecule has 3 N–H and O–H groups in total. The van der Waals surface area contributed by atoms with Crippen LogP contribution in [0.5, 0.6) is 0 Å². The Morgan fingerprint density at radius 1 is 1.10 bits per heavy atom. The molecule has 0 saturated carbocycles. The molecule has 2 aromatic carbocycles. The summed E-state index contributed by atoms with van der Waals surface area (Å²) in [7, 11) is 0. The number of carbonyl (C=O) groups excluding carboxylic acids is 4. The van der Waals surface area contributed by atoms with Gasteiger partial charge in [0, 0.05) is 17.9 Å². The number of nitrogens with zero attached hydrogens (tertiary/aromatic N) is 1. The monoisotopic (exact) mass is 557 g/mol. The lowest BCUT2D eigenvalue weighted by molar-refractivity contribution is -0.384. The van der Waals surface area contributed by atoms with E-state index in [1.54, 1.807) is 24.3 Å². The maximum Gasteiger partial charge on any atom is 0.375 e. The Kier molecular flexibility index (Phi) is 9.41. The van der Waals surface area contributed by atoms with Crippen LogP contribution in [0.1, 0.15) is 25.0 Å². The summed E-state index contributed by atoms with van der Waals surface area (Å²) in [5.41, 5.74) is -0.647. The molecule has 39 heavy (non-hydrogen) atoms. The van der Waals surface area contributed by atoms with Gasteiger partial charge in [0.2, 0.25) is 17.6 Å². The third kappa shape index (κ3) is 7.41. The van der Waals surface area contributed by atoms with Crippen molar-refractivity contribution in [1.82, 2.24) is 10.6 Å². The Labute approximate surface area is 227 Å². The quantitative estimate of drug-likeness (QED) is 0.108. The van der Waals surface area contributed by atoms with Crippen LogP contribution in [-0.4, -0.2) is 56.7 Å². The highest BCUT2D eigenvalue weighted by molar-refractivity contribution is 8.00. The van der Waals surface area contributed by atoms with E-state index >= 15 is 0 Å². The van der Waals surface area contributed by atoms with Gasteiger partial charge in [-0.3, -0.25) is 29.3 Å². The Bertz CT molecular complexity index is 1270. The zero-order valence-electron chi connectivity index (χ0n) is 21.1. The van der Waals surface area contributed by atoms with E-state index in [4.69, 9.17) is 4.74 Å². The van der Waals surface area contributed by atoms with Crippen molar-refractivity contribution in [3.8, 4) is 0 Å². The van der Waals surface area contributed by atoms with Crippen LogP contribution in [0.4, 0.5) is 5.69 Å². The number of aliphatic carboxylic acids is 1. The van der Waals surface area contributed by atoms with Gasteiger partial charge in [-0.2, -0.15) is 0 Å². The molecule has 2 amide bonds. The third-order valence-electron chi connectivity index (χ3n) is 6.29. The molecule has 0 aliphatic carbocycles. The average molecular weight is 558 g/mol. The lowest BCUT2D eigenvalue weighted by atomic mass is 9.77. The largest absolute Gasteiger partial charge is 0.481 e. The van der Waals surface area contributed by atoms with Crippen molar-refractivity contribution in [3.63, 3.8) is 0 Å². The van der Waals surface area contributed by atoms with Crippen LogP contribution >= 0.6 is 11.8 Å². The second-order valence-electron chi connectivity index (χ2n) is 9.41. The SMILES string of the molecule is CC(C)(C(=O)O)C(CS[C@H]1NC(=O)[C@H]1NC(=O)Cc1ccccc1)C(=O)C(=O)OCc1ccc([N+](=O)[O-])cc1. The van der Waals surface area contributed by atoms with E-state index in [2.05, 4.69) is 10.6 Å². The normalized spacial score (nSPS) is 17.2. The van der Waals surface area contributed by atoms with Gasteiger partial charge in [0.1, 0.15) is 18.0 Å². The van der Waals surface area contributed by atoms with Crippen LogP contribution in [0.2, 0.25) is 0 Å². The van der Waals surface area contributed by atoms with Gasteiger partial charge in [-0.05, 0) is 37.1 Å². The number of ether oxygens (including phenoxy) is 1. The molecule has 12 nitrogen and oxygen atoms in total. The summed E-state index contributed by atoms with van der Waals surface area (Å²) < 4.78 is 5.05. The maximum absolute atomic E-state index is 13.0. The Balaban J connectivity index is 1.61. The zero-order chi connectivity index (χ0) is 28.7. The van der Waals surface area contributed by atoms with E-state index in [0.29, 0.717) is 5.56 Å². The van der Waals surface area contributed by atoms with Crippen molar-refractivity contribution in [2.75, 3.05) is 5.75 Å². The summed E-state index contributed by atoms with van der Waals surface area (Å²) in [6.45, 7) is 2.27. The van der Waals surface area contributed by atoms with Gasteiger partial charge >= 0.3 is 11.9 Å². The number of benzene rings is 2. The first kappa shape index (κ1) is 29.3. The molecule has 1 unspecified atom stereocenters. The lowest BCUT2D eigenvalue weighted by Gasteiger charge is -2.38. The molecule has 206 valence electrons. The minimum atomic E-state index is -1.66. The van der Waals surface area contributed by atoms with Crippen molar-refractivity contribution in [2.24, 2.45) is 11.3 Å². The number of Topliss-reactive ketones (excluding diaryl/α,β-unsaturated/α-hetero) is 1. The second kappa shape index (κ2) is 12.5. The summed E-state index contributed by atoms with van der Waals surface area (Å²) >= 11 is 1.04. The highest BCUT2D eigenvalue weighted by Gasteiger charge is 2.47. The van der Waals surface area contributed by atoms with Crippen molar-refractivity contribution >= 4 is 47.0 Å². The molecule has 0 radical (unpaired) electrons. The standard InChI is InChI=1S/C26H27N3O9S/c1-26(2,25(34)35)18(21(31)24(33)38-13-16-8-10-17(11-9-16)29(36)37)14-39-23-20(22(32)28-23)27-19(30)12-15-6-4-3-5-7-15/h3-11,18,20,23H,12-14H2,1-2H3,(H,27,30)(H,28,32)(H,34,35)/t18?,20-,23-/m1/s1. The molecule has 1 heterocycles. The number of nitrogens with one attached hydrogen (secondary N) is 2. The molecular formula is C26H27N3O9S. The molecule has 0 bridgehead atoms. The van der Waals surface area contributed by atoms with Crippen LogP contribution in [0.15, 0.2) is 54.6 Å². The summed E-state index contributed by atoms with van der Waals surface area (Å²) in [5, 5.41) is 25.1. The fourth-order valence-corrected chi connectivity index (χ4v) is 5.23. The predicted molar refractivity (Wildman–Crippen MR) is 139 cm³/mol. The molecule has 1 aliphatic rings. The number of carbonyl (C=O) groups is 5. The maximum atomic E-state index is 13.0. The van der Waals surface area contributed by atoms with Crippen LogP contribution in [-0.2, 0) is 41.7 Å². The molecule has 1 fully saturated rings. The van der Waals surface area contributed by atoms with Gasteiger partial charge in [-0.15, -0.1) is 11.8 Å². The van der Waals surface area contributed by atoms with E-state index < -0.39 is 51.3 Å². The molecule has 2 aromatic rings. The minimum Gasteiger partial charge on any atom is -0.481 e. The third-order valence-corrected chi connectivity index (χ3v) is 7.57. The highest BCUT2D eigenvalue weighted by Crippen LogP contribution is 2.34. The molecule has 1 aliphatic heterocycles. The number of esters is 1. The number of hydrogen-bond donors (Lipinski definition) is 3. The summed E-state index contributed by atoms with van der Waals surface area (Å²) in [6.07, 6.45) is 0.0652. The Morgan fingerprint density at radius 2 is 1.74 bits per heavy atom. The number of amides is 2. The van der Waals surface area contributed by atoms with Crippen molar-refractivity contribution in [3.05, 3.63) is 75.8 Å². The first-order valence-electron chi connectivity index (χ1n) is 11.8. The van der Waals surface area contributed by atoms with Crippen LogP contribution < -0.4 is 10.6 Å². The first-order chi connectivity index (χ1) is 18.4. The zero-order valence-corrected chi connectivity index (χ0v) is 21.9. The van der Waals surface area contributed by atoms with Gasteiger partial charge in [-0.25, -0.2) is 4.79 Å². The van der Waals surface area contributed by atoms with Crippen molar-refractivity contribution in [1.29, 1.82) is 0 Å². The number of nitro benzene ring substituents is 1. The molecule has 3 rings (SSSR count). The lowest BCUT2D eigenvalue weighted by Crippen LogP contribution is -2.68. The number of rotatable bonds is 13. The van der Waals surface area contributed by atoms with Crippen LogP contribution in [0, 0.1) is 21.4 Å². The second-order valence-corrected chi connectivity index (χ2v) is 10.6. The van der Waals surface area contributed by atoms with E-state index in [1.165, 1.54) is 38.1 Å². The first-order valence-corrected chi connectivity index (χ1v) is 12.9. The molecule has 0 spiro atoms. The van der Waals surface area contributed by atoms with Gasteiger partial charge in [0.15, 0.2) is 0 Å². The molecular weight excluding hydrogens is 530 g/mol. The number of β-lactam (4-membered cyclic amide) rings is 1. The highest BCUT2D eigenvalue weighted by atomic mass is 32.2. The number of thioether (sulfide) groups is 1. The predicted octanol–water partition coefficient (Wildman–Crippen LogP) is 1.85. The molecule has 3 atom stereocenters. The summed E-state index contributed by atoms with van der Waals surface area (Å²) in [4.78, 5) is 72.2. The topological polar surface area (TPSA) is 182 Å². The Morgan fingerprint density at radius 3 is 2.31 bits per heavy atom. The van der Waals surface area contributed by atoms with E-state index in [9.17, 15) is 39.2 Å². The van der Waals surface area contributed by atoms with Gasteiger partial charge in [0.25, 0.3) is 5.69 Å². The van der Waals surface area contributed by atoms with E-state index in [1.807, 2.05) is 6.07 Å².